The van der Waals surface area contributed by atoms with Gasteiger partial charge in [0.2, 0.25) is 5.78 Å². The van der Waals surface area contributed by atoms with Gasteiger partial charge in [0.05, 0.1) is 5.41 Å². The molecule has 4 N–H and O–H groups in total. The van der Waals surface area contributed by atoms with E-state index in [2.05, 4.69) is 0 Å². The minimum atomic E-state index is -2.23. The van der Waals surface area contributed by atoms with Crippen molar-refractivity contribution in [2.24, 2.45) is 22.5 Å². The molecule has 160 valence electrons. The number of hydrogen-bond acceptors (Lipinski definition) is 4. The number of aliphatic carboxylic acids is 2. The van der Waals surface area contributed by atoms with Crippen LogP contribution in [0.2, 0.25) is 0 Å². The van der Waals surface area contributed by atoms with Gasteiger partial charge in [-0.3, -0.25) is 19.2 Å². The van der Waals surface area contributed by atoms with E-state index < -0.39 is 40.4 Å². The lowest BCUT2D eigenvalue weighted by Gasteiger charge is -2.44. The Bertz CT molecular complexity index is 1060. The molecular weight excluding hydrogens is 398 g/mol. The van der Waals surface area contributed by atoms with Gasteiger partial charge in [0.1, 0.15) is 5.41 Å². The van der Waals surface area contributed by atoms with Crippen LogP contribution >= 0.6 is 0 Å². The Kier molecular flexibility index (Phi) is 5.79. The fraction of sp³-hybridized carbons (Fsp3) is 0.250. The zero-order chi connectivity index (χ0) is 22.8. The van der Waals surface area contributed by atoms with Crippen molar-refractivity contribution in [3.05, 3.63) is 72.3 Å². The SMILES string of the molecule is CC1C(Cc2ccc(-c3ccccc3)cc2)(C(=O)O)C=CCC1(C(=O)O)C(=O)C(N)=O. The number of benzene rings is 2. The number of allylic oxidation sites excluding steroid dienone is 1. The van der Waals surface area contributed by atoms with Gasteiger partial charge in [0.15, 0.2) is 0 Å². The van der Waals surface area contributed by atoms with Gasteiger partial charge < -0.3 is 15.9 Å². The molecule has 1 amide bonds. The second-order valence-electron chi connectivity index (χ2n) is 7.88. The van der Waals surface area contributed by atoms with Gasteiger partial charge in [-0.1, -0.05) is 73.7 Å². The maximum Gasteiger partial charge on any atom is 0.318 e. The lowest BCUT2D eigenvalue weighted by Crippen LogP contribution is -2.58. The van der Waals surface area contributed by atoms with Crippen LogP contribution in [-0.2, 0) is 25.6 Å². The molecule has 0 aliphatic heterocycles. The van der Waals surface area contributed by atoms with Crippen LogP contribution in [0.15, 0.2) is 66.7 Å². The van der Waals surface area contributed by atoms with Gasteiger partial charge in [-0.05, 0) is 29.5 Å². The summed E-state index contributed by atoms with van der Waals surface area (Å²) in [4.78, 5) is 48.7. The highest BCUT2D eigenvalue weighted by molar-refractivity contribution is 6.41. The third kappa shape index (κ3) is 3.63. The second kappa shape index (κ2) is 8.18. The zero-order valence-corrected chi connectivity index (χ0v) is 16.9. The molecule has 0 heterocycles. The fourth-order valence-corrected chi connectivity index (χ4v) is 4.42. The fourth-order valence-electron chi connectivity index (χ4n) is 4.42. The predicted molar refractivity (Wildman–Crippen MR) is 113 cm³/mol. The quantitative estimate of drug-likeness (QED) is 0.357. The number of rotatable bonds is 7. The normalized spacial score (nSPS) is 25.0. The van der Waals surface area contributed by atoms with Gasteiger partial charge >= 0.3 is 11.9 Å². The Labute approximate surface area is 179 Å². The van der Waals surface area contributed by atoms with Crippen LogP contribution in [0.4, 0.5) is 0 Å². The number of nitrogens with two attached hydrogens (primary N) is 1. The average molecular weight is 421 g/mol. The van der Waals surface area contributed by atoms with Crippen LogP contribution in [0, 0.1) is 16.7 Å². The molecule has 0 saturated heterocycles. The molecule has 0 radical (unpaired) electrons. The van der Waals surface area contributed by atoms with E-state index in [0.717, 1.165) is 11.1 Å². The number of hydrogen-bond donors (Lipinski definition) is 3. The predicted octanol–water partition coefficient (Wildman–Crippen LogP) is 2.69. The maximum absolute atomic E-state index is 12.6. The third-order valence-electron chi connectivity index (χ3n) is 6.33. The molecule has 2 aromatic rings. The van der Waals surface area contributed by atoms with Crippen LogP contribution in [0.3, 0.4) is 0 Å². The van der Waals surface area contributed by atoms with Gasteiger partial charge in [0, 0.05) is 5.92 Å². The lowest BCUT2D eigenvalue weighted by atomic mass is 9.54. The molecule has 0 saturated carbocycles. The lowest BCUT2D eigenvalue weighted by molar-refractivity contribution is -0.169. The first-order valence-corrected chi connectivity index (χ1v) is 9.78. The zero-order valence-electron chi connectivity index (χ0n) is 16.9. The van der Waals surface area contributed by atoms with Crippen molar-refractivity contribution in [1.82, 2.24) is 0 Å². The minimum Gasteiger partial charge on any atom is -0.481 e. The van der Waals surface area contributed by atoms with Gasteiger partial charge in [0.25, 0.3) is 5.91 Å². The van der Waals surface area contributed by atoms with Crippen molar-refractivity contribution in [2.75, 3.05) is 0 Å². The van der Waals surface area contributed by atoms with Crippen molar-refractivity contribution in [3.8, 4) is 11.1 Å². The summed E-state index contributed by atoms with van der Waals surface area (Å²) in [5, 5.41) is 20.0. The molecule has 2 aromatic carbocycles. The number of primary amides is 1. The Morgan fingerprint density at radius 3 is 2.03 bits per heavy atom. The Balaban J connectivity index is 2.02. The molecule has 0 fully saturated rings. The van der Waals surface area contributed by atoms with Crippen LogP contribution in [0.25, 0.3) is 11.1 Å². The summed E-state index contributed by atoms with van der Waals surface area (Å²) < 4.78 is 0. The van der Waals surface area contributed by atoms with Crippen molar-refractivity contribution >= 4 is 23.6 Å². The van der Waals surface area contributed by atoms with E-state index in [1.807, 2.05) is 42.5 Å². The van der Waals surface area contributed by atoms with E-state index in [-0.39, 0.29) is 12.8 Å². The van der Waals surface area contributed by atoms with Gasteiger partial charge in [-0.25, -0.2) is 0 Å². The van der Waals surface area contributed by atoms with E-state index in [9.17, 15) is 29.4 Å². The number of carbonyl (C=O) groups excluding carboxylic acids is 2. The molecule has 0 aromatic heterocycles. The summed E-state index contributed by atoms with van der Waals surface area (Å²) in [5.41, 5.74) is 3.80. The smallest absolute Gasteiger partial charge is 0.318 e. The molecule has 0 spiro atoms. The largest absolute Gasteiger partial charge is 0.481 e. The summed E-state index contributed by atoms with van der Waals surface area (Å²) in [6.07, 6.45) is 2.44. The van der Waals surface area contributed by atoms with Crippen molar-refractivity contribution < 1.29 is 29.4 Å². The summed E-state index contributed by atoms with van der Waals surface area (Å²) in [6.45, 7) is 1.38. The number of carboxylic acids is 2. The van der Waals surface area contributed by atoms with E-state index in [1.165, 1.54) is 19.1 Å². The molecule has 0 bridgehead atoms. The third-order valence-corrected chi connectivity index (χ3v) is 6.33. The highest BCUT2D eigenvalue weighted by Gasteiger charge is 2.62. The molecular formula is C24H23NO6. The average Bonchev–Trinajstić information content (AvgIpc) is 2.75. The molecule has 7 nitrogen and oxygen atoms in total. The highest BCUT2D eigenvalue weighted by Crippen LogP contribution is 2.50. The van der Waals surface area contributed by atoms with E-state index in [1.54, 1.807) is 12.1 Å². The summed E-state index contributed by atoms with van der Waals surface area (Å²) >= 11 is 0. The molecule has 7 heteroatoms. The van der Waals surface area contributed by atoms with Crippen LogP contribution < -0.4 is 5.73 Å². The number of carboxylic acid groups (broad SMARTS) is 2. The van der Waals surface area contributed by atoms with Crippen LogP contribution in [-0.4, -0.2) is 33.8 Å². The summed E-state index contributed by atoms with van der Waals surface area (Å²) in [7, 11) is 0. The topological polar surface area (TPSA) is 135 Å². The van der Waals surface area contributed by atoms with Crippen molar-refractivity contribution in [1.29, 1.82) is 0 Å². The molecule has 3 unspecified atom stereocenters. The number of ketones is 1. The Hall–Kier alpha value is -3.74. The molecule has 31 heavy (non-hydrogen) atoms. The first-order valence-electron chi connectivity index (χ1n) is 9.78. The van der Waals surface area contributed by atoms with Crippen molar-refractivity contribution in [2.45, 2.75) is 19.8 Å². The number of Topliss-reactive ketones (excluding diaryl/α,β-unsaturated/α-hetero) is 1. The van der Waals surface area contributed by atoms with E-state index in [4.69, 9.17) is 5.73 Å². The molecule has 1 aliphatic rings. The Morgan fingerprint density at radius 2 is 1.52 bits per heavy atom. The van der Waals surface area contributed by atoms with Gasteiger partial charge in [-0.2, -0.15) is 0 Å². The summed E-state index contributed by atoms with van der Waals surface area (Å²) in [6, 6.07) is 16.9. The molecule has 3 rings (SSSR count). The van der Waals surface area contributed by atoms with E-state index in [0.29, 0.717) is 5.56 Å². The standard InChI is InChI=1S/C24H23NO6/c1-15-23(21(28)29,12-5-13-24(15,22(30)31)19(26)20(25)27)14-16-8-10-18(11-9-16)17-6-3-2-4-7-17/h2-12,15H,13-14H2,1H3,(H2,25,27)(H,28,29)(H,30,31). The van der Waals surface area contributed by atoms with Gasteiger partial charge in [-0.15, -0.1) is 0 Å². The second-order valence-corrected chi connectivity index (χ2v) is 7.88. The van der Waals surface area contributed by atoms with Crippen LogP contribution in [0.5, 0.6) is 0 Å². The molecule has 1 aliphatic carbocycles. The maximum atomic E-state index is 12.6. The minimum absolute atomic E-state index is 0.0455. The molecule has 3 atom stereocenters. The monoisotopic (exact) mass is 421 g/mol. The number of carbonyl (C=O) groups is 4. The van der Waals surface area contributed by atoms with Crippen molar-refractivity contribution in [3.63, 3.8) is 0 Å². The Morgan fingerprint density at radius 1 is 0.935 bits per heavy atom. The van der Waals surface area contributed by atoms with Crippen LogP contribution in [0.1, 0.15) is 18.9 Å². The highest BCUT2D eigenvalue weighted by atomic mass is 16.4. The van der Waals surface area contributed by atoms with E-state index >= 15 is 0 Å². The summed E-state index contributed by atoms with van der Waals surface area (Å²) in [5.74, 6) is -6.73. The first-order chi connectivity index (χ1) is 14.6. The number of amides is 1. The first kappa shape index (κ1) is 22.0.